The van der Waals surface area contributed by atoms with Gasteiger partial charge in [0.1, 0.15) is 5.60 Å². The molecule has 2 aromatic carbocycles. The minimum atomic E-state index is -0.556. The minimum absolute atomic E-state index is 0.142. The Balaban J connectivity index is 1.87. The summed E-state index contributed by atoms with van der Waals surface area (Å²) in [6, 6.07) is 16.8. The maximum absolute atomic E-state index is 12.3. The van der Waals surface area contributed by atoms with Gasteiger partial charge >= 0.3 is 6.09 Å². The highest BCUT2D eigenvalue weighted by Gasteiger charge is 2.16. The van der Waals surface area contributed by atoms with E-state index in [1.807, 2.05) is 30.3 Å². The molecule has 2 aromatic rings. The number of benzene rings is 2. The molecule has 2 rings (SSSR count). The summed E-state index contributed by atoms with van der Waals surface area (Å²) in [7, 11) is 0. The molecule has 0 unspecified atom stereocenters. The van der Waals surface area contributed by atoms with E-state index < -0.39 is 11.7 Å². The van der Waals surface area contributed by atoms with Gasteiger partial charge in [-0.1, -0.05) is 37.3 Å². The summed E-state index contributed by atoms with van der Waals surface area (Å²) in [6.45, 7) is 8.04. The fourth-order valence-electron chi connectivity index (χ4n) is 2.37. The van der Waals surface area contributed by atoms with Crippen molar-refractivity contribution in [2.75, 3.05) is 11.9 Å². The van der Waals surface area contributed by atoms with E-state index in [-0.39, 0.29) is 11.8 Å². The van der Waals surface area contributed by atoms with Crippen molar-refractivity contribution in [1.82, 2.24) is 5.32 Å². The van der Waals surface area contributed by atoms with Crippen molar-refractivity contribution in [1.29, 1.82) is 0 Å². The summed E-state index contributed by atoms with van der Waals surface area (Å²) in [4.78, 5) is 24.0. The first-order valence-corrected chi connectivity index (χ1v) is 8.68. The highest BCUT2D eigenvalue weighted by Crippen LogP contribution is 2.15. The molecule has 0 fully saturated rings. The number of carbonyl (C=O) groups is 2. The smallest absolute Gasteiger partial charge is 0.412 e. The van der Waals surface area contributed by atoms with E-state index in [1.54, 1.807) is 45.0 Å². The average Bonchev–Trinajstić information content (AvgIpc) is 2.59. The normalized spacial score (nSPS) is 12.2. The molecule has 0 spiro atoms. The molecule has 0 aliphatic rings. The maximum atomic E-state index is 12.3. The predicted octanol–water partition coefficient (Wildman–Crippen LogP) is 4.57. The molecule has 0 saturated heterocycles. The first-order chi connectivity index (χ1) is 12.2. The van der Waals surface area contributed by atoms with Crippen molar-refractivity contribution in [3.8, 4) is 0 Å². The SMILES string of the molecule is C[C@H](CNC(=O)c1ccc(NC(=O)OC(C)(C)C)cc1)c1ccccc1. The molecule has 0 bridgehead atoms. The number of amides is 2. The van der Waals surface area contributed by atoms with Crippen molar-refractivity contribution < 1.29 is 14.3 Å². The van der Waals surface area contributed by atoms with Gasteiger partial charge in [0.25, 0.3) is 5.91 Å². The lowest BCUT2D eigenvalue weighted by Crippen LogP contribution is -2.28. The van der Waals surface area contributed by atoms with Crippen molar-refractivity contribution in [3.05, 3.63) is 65.7 Å². The zero-order valence-corrected chi connectivity index (χ0v) is 15.7. The summed E-state index contributed by atoms with van der Waals surface area (Å²) in [5, 5.41) is 5.58. The van der Waals surface area contributed by atoms with E-state index in [0.29, 0.717) is 17.8 Å². The molecule has 1 atom stereocenters. The molecule has 0 saturated carbocycles. The standard InChI is InChI=1S/C21H26N2O3/c1-15(16-8-6-5-7-9-16)14-22-19(24)17-10-12-18(13-11-17)23-20(25)26-21(2,3)4/h5-13,15H,14H2,1-4H3,(H,22,24)(H,23,25)/t15-/m1/s1. The minimum Gasteiger partial charge on any atom is -0.444 e. The topological polar surface area (TPSA) is 67.4 Å². The Labute approximate surface area is 154 Å². The van der Waals surface area contributed by atoms with Gasteiger partial charge in [-0.3, -0.25) is 10.1 Å². The Kier molecular flexibility index (Phi) is 6.39. The van der Waals surface area contributed by atoms with Crippen LogP contribution in [0, 0.1) is 0 Å². The van der Waals surface area contributed by atoms with Crippen LogP contribution in [0.1, 0.15) is 49.5 Å². The van der Waals surface area contributed by atoms with Gasteiger partial charge in [0, 0.05) is 17.8 Å². The second-order valence-corrected chi connectivity index (χ2v) is 7.23. The van der Waals surface area contributed by atoms with Crippen LogP contribution in [0.25, 0.3) is 0 Å². The van der Waals surface area contributed by atoms with Gasteiger partial charge in [-0.25, -0.2) is 4.79 Å². The Morgan fingerprint density at radius 3 is 2.19 bits per heavy atom. The third kappa shape index (κ3) is 6.24. The number of nitrogens with one attached hydrogen (secondary N) is 2. The van der Waals surface area contributed by atoms with Crippen LogP contribution in [0.3, 0.4) is 0 Å². The monoisotopic (exact) mass is 354 g/mol. The largest absolute Gasteiger partial charge is 0.444 e. The highest BCUT2D eigenvalue weighted by molar-refractivity contribution is 5.95. The number of hydrogen-bond donors (Lipinski definition) is 2. The summed E-state index contributed by atoms with van der Waals surface area (Å²) >= 11 is 0. The van der Waals surface area contributed by atoms with Gasteiger partial charge in [0.15, 0.2) is 0 Å². The number of hydrogen-bond acceptors (Lipinski definition) is 3. The lowest BCUT2D eigenvalue weighted by Gasteiger charge is -2.19. The summed E-state index contributed by atoms with van der Waals surface area (Å²) < 4.78 is 5.20. The van der Waals surface area contributed by atoms with E-state index in [9.17, 15) is 9.59 Å². The van der Waals surface area contributed by atoms with Crippen molar-refractivity contribution in [2.24, 2.45) is 0 Å². The second-order valence-electron chi connectivity index (χ2n) is 7.23. The quantitative estimate of drug-likeness (QED) is 0.827. The van der Waals surface area contributed by atoms with Crippen molar-refractivity contribution in [3.63, 3.8) is 0 Å². The number of ether oxygens (including phenoxy) is 1. The molecule has 0 radical (unpaired) electrons. The van der Waals surface area contributed by atoms with Gasteiger partial charge < -0.3 is 10.1 Å². The van der Waals surface area contributed by atoms with E-state index >= 15 is 0 Å². The molecular weight excluding hydrogens is 328 g/mol. The Bertz CT molecular complexity index is 734. The molecular formula is C21H26N2O3. The van der Waals surface area contributed by atoms with Gasteiger partial charge in [0.2, 0.25) is 0 Å². The first kappa shape index (κ1) is 19.5. The van der Waals surface area contributed by atoms with Crippen LogP contribution in [0.5, 0.6) is 0 Å². The Morgan fingerprint density at radius 1 is 1.00 bits per heavy atom. The van der Waals surface area contributed by atoms with Crippen molar-refractivity contribution >= 4 is 17.7 Å². The molecule has 0 aromatic heterocycles. The summed E-state index contributed by atoms with van der Waals surface area (Å²) in [5.41, 5.74) is 1.75. The molecule has 2 N–H and O–H groups in total. The van der Waals surface area contributed by atoms with Gasteiger partial charge in [-0.2, -0.15) is 0 Å². The van der Waals surface area contributed by atoms with E-state index in [4.69, 9.17) is 4.74 Å². The number of rotatable bonds is 5. The average molecular weight is 354 g/mol. The van der Waals surface area contributed by atoms with Crippen molar-refractivity contribution in [2.45, 2.75) is 39.2 Å². The fourth-order valence-corrected chi connectivity index (χ4v) is 2.37. The number of anilines is 1. The van der Waals surface area contributed by atoms with E-state index in [1.165, 1.54) is 5.56 Å². The highest BCUT2D eigenvalue weighted by atomic mass is 16.6. The zero-order valence-electron chi connectivity index (χ0n) is 15.7. The fraction of sp³-hybridized carbons (Fsp3) is 0.333. The molecule has 138 valence electrons. The van der Waals surface area contributed by atoms with Crippen LogP contribution in [-0.4, -0.2) is 24.1 Å². The zero-order chi connectivity index (χ0) is 19.2. The molecule has 0 aliphatic carbocycles. The summed E-state index contributed by atoms with van der Waals surface area (Å²) in [5.74, 6) is 0.0878. The molecule has 5 nitrogen and oxygen atoms in total. The Hall–Kier alpha value is -2.82. The van der Waals surface area contributed by atoms with Gasteiger partial charge in [0.05, 0.1) is 0 Å². The van der Waals surface area contributed by atoms with Gasteiger partial charge in [-0.15, -0.1) is 0 Å². The van der Waals surface area contributed by atoms with Gasteiger partial charge in [-0.05, 0) is 56.5 Å². The second kappa shape index (κ2) is 8.52. The van der Waals surface area contributed by atoms with Crippen LogP contribution in [0.2, 0.25) is 0 Å². The summed E-state index contributed by atoms with van der Waals surface area (Å²) in [6.07, 6.45) is -0.522. The molecule has 2 amide bonds. The lowest BCUT2D eigenvalue weighted by atomic mass is 10.0. The van der Waals surface area contributed by atoms with Crippen LogP contribution >= 0.6 is 0 Å². The molecule has 5 heteroatoms. The molecule has 26 heavy (non-hydrogen) atoms. The predicted molar refractivity (Wildman–Crippen MR) is 103 cm³/mol. The molecule has 0 aliphatic heterocycles. The van der Waals surface area contributed by atoms with Crippen LogP contribution in [0.15, 0.2) is 54.6 Å². The van der Waals surface area contributed by atoms with Crippen LogP contribution < -0.4 is 10.6 Å². The van der Waals surface area contributed by atoms with Crippen LogP contribution in [0.4, 0.5) is 10.5 Å². The van der Waals surface area contributed by atoms with Crippen LogP contribution in [-0.2, 0) is 4.74 Å². The number of carbonyl (C=O) groups excluding carboxylic acids is 2. The Morgan fingerprint density at radius 2 is 1.62 bits per heavy atom. The maximum Gasteiger partial charge on any atom is 0.412 e. The third-order valence-electron chi connectivity index (χ3n) is 3.73. The van der Waals surface area contributed by atoms with E-state index in [0.717, 1.165) is 0 Å². The lowest BCUT2D eigenvalue weighted by molar-refractivity contribution is 0.0635. The third-order valence-corrected chi connectivity index (χ3v) is 3.73. The van der Waals surface area contributed by atoms with E-state index in [2.05, 4.69) is 17.6 Å². The molecule has 0 heterocycles. The first-order valence-electron chi connectivity index (χ1n) is 8.68.